The molecule has 4 rings (SSSR count). The topological polar surface area (TPSA) is 137 Å². The number of nitrogen functional groups attached to an aromatic ring is 1. The molecule has 3 N–H and O–H groups in total. The normalized spacial score (nSPS) is 14.4. The number of anilines is 2. The second kappa shape index (κ2) is 11.5. The minimum absolute atomic E-state index is 0.103. The molecule has 3 aromatic carbocycles. The minimum atomic E-state index is -3.67. The Labute approximate surface area is 226 Å². The first-order chi connectivity index (χ1) is 18.6. The first kappa shape index (κ1) is 27.6. The lowest BCUT2D eigenvalue weighted by atomic mass is 10.0. The summed E-state index contributed by atoms with van der Waals surface area (Å²) in [5, 5.41) is 12.2. The van der Waals surface area contributed by atoms with Gasteiger partial charge in [-0.1, -0.05) is 36.4 Å². The Kier molecular flexibility index (Phi) is 8.16. The molecular formula is C28H28FN5O4S. The molecular weight excluding hydrogens is 521 g/mol. The molecule has 0 saturated carbocycles. The summed E-state index contributed by atoms with van der Waals surface area (Å²) in [6.07, 6.45) is 0.861. The number of amides is 2. The Morgan fingerprint density at radius 2 is 1.74 bits per heavy atom. The Hall–Kier alpha value is -4.43. The Balaban J connectivity index is 1.51. The van der Waals surface area contributed by atoms with Crippen molar-refractivity contribution < 1.29 is 22.4 Å². The highest BCUT2D eigenvalue weighted by Crippen LogP contribution is 2.28. The van der Waals surface area contributed by atoms with E-state index in [4.69, 9.17) is 5.73 Å². The minimum Gasteiger partial charge on any atom is -0.398 e. The smallest absolute Gasteiger partial charge is 0.249 e. The fraction of sp³-hybridized carbons (Fsp3) is 0.250. The molecule has 11 heteroatoms. The largest absolute Gasteiger partial charge is 0.398 e. The van der Waals surface area contributed by atoms with Crippen LogP contribution in [0, 0.1) is 17.1 Å². The van der Waals surface area contributed by atoms with Gasteiger partial charge in [-0.15, -0.1) is 0 Å². The molecule has 1 aliphatic heterocycles. The quantitative estimate of drug-likeness (QED) is 0.432. The molecule has 202 valence electrons. The van der Waals surface area contributed by atoms with Crippen LogP contribution in [0.4, 0.5) is 15.8 Å². The second-order valence-corrected chi connectivity index (χ2v) is 11.3. The van der Waals surface area contributed by atoms with Gasteiger partial charge >= 0.3 is 0 Å². The summed E-state index contributed by atoms with van der Waals surface area (Å²) in [7, 11) is -3.67. The molecule has 1 saturated heterocycles. The van der Waals surface area contributed by atoms with Crippen molar-refractivity contribution >= 4 is 33.0 Å². The highest BCUT2D eigenvalue weighted by molar-refractivity contribution is 7.90. The first-order valence-corrected chi connectivity index (χ1v) is 14.1. The van der Waals surface area contributed by atoms with E-state index in [0.29, 0.717) is 35.6 Å². The van der Waals surface area contributed by atoms with Crippen molar-refractivity contribution in [3.05, 3.63) is 89.2 Å². The van der Waals surface area contributed by atoms with Crippen LogP contribution in [0.2, 0.25) is 0 Å². The number of carbonyl (C=O) groups excluding carboxylic acids is 2. The highest BCUT2D eigenvalue weighted by Gasteiger charge is 2.31. The fourth-order valence-corrected chi connectivity index (χ4v) is 5.51. The van der Waals surface area contributed by atoms with E-state index in [0.717, 1.165) is 12.3 Å². The average Bonchev–Trinajstić information content (AvgIpc) is 2.92. The zero-order chi connectivity index (χ0) is 28.2. The molecule has 1 fully saturated rings. The van der Waals surface area contributed by atoms with Crippen molar-refractivity contribution in [1.82, 2.24) is 10.2 Å². The summed E-state index contributed by atoms with van der Waals surface area (Å²) < 4.78 is 38.3. The third-order valence-electron chi connectivity index (χ3n) is 6.61. The number of nitrogens with zero attached hydrogens (tertiary/aromatic N) is 3. The molecule has 1 heterocycles. The predicted octanol–water partition coefficient (Wildman–Crippen LogP) is 2.43. The van der Waals surface area contributed by atoms with Gasteiger partial charge in [-0.2, -0.15) is 5.26 Å². The molecule has 1 unspecified atom stereocenters. The summed E-state index contributed by atoms with van der Waals surface area (Å²) in [5.74, 6) is -1.43. The van der Waals surface area contributed by atoms with Crippen LogP contribution in [0.5, 0.6) is 0 Å². The monoisotopic (exact) mass is 549 g/mol. The molecule has 9 nitrogen and oxygen atoms in total. The van der Waals surface area contributed by atoms with E-state index in [1.54, 1.807) is 58.3 Å². The van der Waals surface area contributed by atoms with Gasteiger partial charge in [0, 0.05) is 43.7 Å². The highest BCUT2D eigenvalue weighted by atomic mass is 32.2. The van der Waals surface area contributed by atoms with Gasteiger partial charge in [-0.25, -0.2) is 12.8 Å². The maximum atomic E-state index is 13.8. The zero-order valence-electron chi connectivity index (χ0n) is 21.3. The molecule has 2 amide bonds. The van der Waals surface area contributed by atoms with Crippen LogP contribution >= 0.6 is 0 Å². The van der Waals surface area contributed by atoms with Crippen molar-refractivity contribution in [2.75, 3.05) is 43.1 Å². The average molecular weight is 550 g/mol. The van der Waals surface area contributed by atoms with Crippen LogP contribution in [-0.4, -0.2) is 57.6 Å². The molecule has 3 aromatic rings. The summed E-state index contributed by atoms with van der Waals surface area (Å²) in [4.78, 5) is 30.0. The number of rotatable bonds is 7. The first-order valence-electron chi connectivity index (χ1n) is 12.2. The maximum Gasteiger partial charge on any atom is 0.249 e. The molecule has 0 radical (unpaired) electrons. The third kappa shape index (κ3) is 6.35. The molecule has 0 spiro atoms. The Morgan fingerprint density at radius 3 is 2.38 bits per heavy atom. The third-order valence-corrected chi connectivity index (χ3v) is 7.73. The van der Waals surface area contributed by atoms with Crippen molar-refractivity contribution in [2.45, 2.75) is 17.4 Å². The van der Waals surface area contributed by atoms with Gasteiger partial charge < -0.3 is 20.9 Å². The summed E-state index contributed by atoms with van der Waals surface area (Å²) in [6, 6.07) is 18.4. The number of halogens is 1. The van der Waals surface area contributed by atoms with Crippen molar-refractivity contribution in [3.63, 3.8) is 0 Å². The number of benzene rings is 3. The van der Waals surface area contributed by atoms with E-state index < -0.39 is 27.6 Å². The zero-order valence-corrected chi connectivity index (χ0v) is 22.1. The van der Waals surface area contributed by atoms with Crippen LogP contribution < -0.4 is 16.0 Å². The van der Waals surface area contributed by atoms with Crippen molar-refractivity contribution in [3.8, 4) is 6.07 Å². The van der Waals surface area contributed by atoms with E-state index >= 15 is 0 Å². The van der Waals surface area contributed by atoms with Gasteiger partial charge in [-0.05, 0) is 35.9 Å². The number of piperazine rings is 1. The Bertz CT molecular complexity index is 1530. The molecule has 39 heavy (non-hydrogen) atoms. The number of carbonyl (C=O) groups is 2. The van der Waals surface area contributed by atoms with Gasteiger partial charge in [0.25, 0.3) is 0 Å². The molecule has 1 atom stereocenters. The van der Waals surface area contributed by atoms with E-state index in [2.05, 4.69) is 5.32 Å². The lowest BCUT2D eigenvalue weighted by Crippen LogP contribution is -2.52. The van der Waals surface area contributed by atoms with Crippen molar-refractivity contribution in [1.29, 1.82) is 5.26 Å². The molecule has 1 aliphatic rings. The summed E-state index contributed by atoms with van der Waals surface area (Å²) in [6.45, 7) is 1.18. The summed E-state index contributed by atoms with van der Waals surface area (Å²) in [5.41, 5.74) is 7.98. The molecule has 0 bridgehead atoms. The standard InChI is InChI=1S/C28H28FN5O4S/c1-39(37,38)25-16-21(29)10-11-24(25)33-12-14-34(15-13-33)28(36)27(19-6-3-2-4-7-19)32-26(35)17-22-20(18-30)8-5-9-23(22)31/h2-11,16,27H,12-15,17,31H2,1H3,(H,32,35). The SMILES string of the molecule is CS(=O)(=O)c1cc(F)ccc1N1CCN(C(=O)C(NC(=O)Cc2c(N)cccc2C#N)c2ccccc2)CC1. The van der Waals surface area contributed by atoms with E-state index in [-0.39, 0.29) is 35.9 Å². The van der Waals surface area contributed by atoms with E-state index in [1.807, 2.05) is 6.07 Å². The van der Waals surface area contributed by atoms with Crippen molar-refractivity contribution in [2.24, 2.45) is 0 Å². The van der Waals surface area contributed by atoms with Gasteiger partial charge in [-0.3, -0.25) is 9.59 Å². The van der Waals surface area contributed by atoms with Crippen LogP contribution in [0.25, 0.3) is 0 Å². The van der Waals surface area contributed by atoms with Gasteiger partial charge in [0.1, 0.15) is 11.9 Å². The number of nitriles is 1. The second-order valence-electron chi connectivity index (χ2n) is 9.27. The number of nitrogens with two attached hydrogens (primary N) is 1. The lowest BCUT2D eigenvalue weighted by Gasteiger charge is -2.38. The van der Waals surface area contributed by atoms with Gasteiger partial charge in [0.2, 0.25) is 11.8 Å². The molecule has 0 aromatic heterocycles. The fourth-order valence-electron chi connectivity index (χ4n) is 4.61. The summed E-state index contributed by atoms with van der Waals surface area (Å²) >= 11 is 0. The molecule has 0 aliphatic carbocycles. The van der Waals surface area contributed by atoms with E-state index in [9.17, 15) is 27.7 Å². The number of sulfone groups is 1. The van der Waals surface area contributed by atoms with Crippen LogP contribution in [0.15, 0.2) is 71.6 Å². The number of hydrogen-bond acceptors (Lipinski definition) is 7. The van der Waals surface area contributed by atoms with Gasteiger partial charge in [0.05, 0.1) is 28.6 Å². The maximum absolute atomic E-state index is 13.8. The van der Waals surface area contributed by atoms with Crippen LogP contribution in [-0.2, 0) is 25.8 Å². The van der Waals surface area contributed by atoms with E-state index in [1.165, 1.54) is 12.1 Å². The Morgan fingerprint density at radius 1 is 1.05 bits per heavy atom. The lowest BCUT2D eigenvalue weighted by molar-refractivity contribution is -0.136. The number of nitrogens with one attached hydrogen (secondary N) is 1. The number of hydrogen-bond donors (Lipinski definition) is 2. The van der Waals surface area contributed by atoms with Crippen LogP contribution in [0.3, 0.4) is 0 Å². The predicted molar refractivity (Wildman–Crippen MR) is 145 cm³/mol. The van der Waals surface area contributed by atoms with Crippen LogP contribution in [0.1, 0.15) is 22.7 Å². The van der Waals surface area contributed by atoms with Gasteiger partial charge in [0.15, 0.2) is 9.84 Å².